The van der Waals surface area contributed by atoms with Crippen molar-refractivity contribution in [2.45, 2.75) is 6.18 Å². The summed E-state index contributed by atoms with van der Waals surface area (Å²) in [6, 6.07) is 8.07. The normalized spacial score (nSPS) is 11.2. The van der Waals surface area contributed by atoms with Gasteiger partial charge in [-0.3, -0.25) is 4.79 Å². The Labute approximate surface area is 134 Å². The Hall–Kier alpha value is -2.28. The summed E-state index contributed by atoms with van der Waals surface area (Å²) >= 11 is 5.78. The van der Waals surface area contributed by atoms with Crippen LogP contribution in [0.2, 0.25) is 5.02 Å². The standard InChI is InChI=1S/C15H11ClF4N2O/c16-12-5-4-9(15(18,19)20)6-13(12)22-14(23)8-21-11-3-1-2-10(17)7-11/h1-7,21H,8H2,(H,22,23). The maximum Gasteiger partial charge on any atom is 0.416 e. The van der Waals surface area contributed by atoms with Crippen molar-refractivity contribution in [2.75, 3.05) is 17.2 Å². The molecule has 2 rings (SSSR count). The first-order chi connectivity index (χ1) is 10.8. The number of amides is 1. The second kappa shape index (κ2) is 6.87. The van der Waals surface area contributed by atoms with Crippen LogP contribution in [-0.2, 0) is 11.0 Å². The third kappa shape index (κ3) is 4.85. The van der Waals surface area contributed by atoms with E-state index >= 15 is 0 Å². The zero-order valence-corrected chi connectivity index (χ0v) is 12.3. The Morgan fingerprint density at radius 2 is 1.87 bits per heavy atom. The van der Waals surface area contributed by atoms with Gasteiger partial charge in [-0.2, -0.15) is 13.2 Å². The van der Waals surface area contributed by atoms with Crippen LogP contribution in [0.5, 0.6) is 0 Å². The molecule has 23 heavy (non-hydrogen) atoms. The zero-order chi connectivity index (χ0) is 17.0. The van der Waals surface area contributed by atoms with Crippen molar-refractivity contribution in [1.29, 1.82) is 0 Å². The summed E-state index contributed by atoms with van der Waals surface area (Å²) in [7, 11) is 0. The SMILES string of the molecule is O=C(CNc1cccc(F)c1)Nc1cc(C(F)(F)F)ccc1Cl. The monoisotopic (exact) mass is 346 g/mol. The van der Waals surface area contributed by atoms with Crippen molar-refractivity contribution in [3.8, 4) is 0 Å². The number of hydrogen-bond acceptors (Lipinski definition) is 2. The molecule has 0 radical (unpaired) electrons. The Kier molecular flexibility index (Phi) is 5.10. The van der Waals surface area contributed by atoms with E-state index in [1.54, 1.807) is 6.07 Å². The summed E-state index contributed by atoms with van der Waals surface area (Å²) in [5.41, 5.74) is -0.696. The van der Waals surface area contributed by atoms with Gasteiger partial charge in [-0.05, 0) is 36.4 Å². The molecule has 0 bridgehead atoms. The molecule has 0 aromatic heterocycles. The molecule has 8 heteroatoms. The molecule has 3 nitrogen and oxygen atoms in total. The summed E-state index contributed by atoms with van der Waals surface area (Å²) in [5.74, 6) is -1.09. The molecule has 0 aliphatic carbocycles. The van der Waals surface area contributed by atoms with E-state index in [1.807, 2.05) is 0 Å². The molecule has 0 saturated heterocycles. The fourth-order valence-corrected chi connectivity index (χ4v) is 1.94. The van der Waals surface area contributed by atoms with E-state index in [1.165, 1.54) is 18.2 Å². The average Bonchev–Trinajstić information content (AvgIpc) is 2.46. The quantitative estimate of drug-likeness (QED) is 0.797. The van der Waals surface area contributed by atoms with Crippen LogP contribution < -0.4 is 10.6 Å². The van der Waals surface area contributed by atoms with Crippen molar-refractivity contribution in [1.82, 2.24) is 0 Å². The summed E-state index contributed by atoms with van der Waals surface area (Å²) < 4.78 is 50.9. The highest BCUT2D eigenvalue weighted by molar-refractivity contribution is 6.33. The number of carbonyl (C=O) groups excluding carboxylic acids is 1. The van der Waals surface area contributed by atoms with E-state index in [0.29, 0.717) is 5.69 Å². The highest BCUT2D eigenvalue weighted by Gasteiger charge is 2.31. The van der Waals surface area contributed by atoms with Gasteiger partial charge < -0.3 is 10.6 Å². The Bertz CT molecular complexity index is 719. The highest BCUT2D eigenvalue weighted by atomic mass is 35.5. The Morgan fingerprint density at radius 1 is 1.13 bits per heavy atom. The van der Waals surface area contributed by atoms with Crippen LogP contribution in [-0.4, -0.2) is 12.5 Å². The number of anilines is 2. The molecule has 0 heterocycles. The molecule has 0 unspecified atom stereocenters. The molecule has 0 spiro atoms. The zero-order valence-electron chi connectivity index (χ0n) is 11.5. The third-order valence-corrected chi connectivity index (χ3v) is 3.18. The first-order valence-electron chi connectivity index (χ1n) is 6.42. The van der Waals surface area contributed by atoms with Crippen molar-refractivity contribution in [3.63, 3.8) is 0 Å². The van der Waals surface area contributed by atoms with Gasteiger partial charge >= 0.3 is 6.18 Å². The summed E-state index contributed by atoms with van der Waals surface area (Å²) in [4.78, 5) is 11.8. The number of benzene rings is 2. The summed E-state index contributed by atoms with van der Waals surface area (Å²) in [6.45, 7) is -0.254. The van der Waals surface area contributed by atoms with Crippen molar-refractivity contribution >= 4 is 28.9 Å². The topological polar surface area (TPSA) is 41.1 Å². The lowest BCUT2D eigenvalue weighted by atomic mass is 10.2. The van der Waals surface area contributed by atoms with Crippen LogP contribution >= 0.6 is 11.6 Å². The minimum atomic E-state index is -4.54. The lowest BCUT2D eigenvalue weighted by Crippen LogP contribution is -2.22. The molecule has 0 saturated carbocycles. The largest absolute Gasteiger partial charge is 0.416 e. The number of halogens is 5. The number of carbonyl (C=O) groups is 1. The van der Waals surface area contributed by atoms with E-state index in [9.17, 15) is 22.4 Å². The molecule has 0 atom stereocenters. The van der Waals surface area contributed by atoms with Crippen molar-refractivity contribution in [3.05, 3.63) is 58.9 Å². The van der Waals surface area contributed by atoms with E-state index in [4.69, 9.17) is 11.6 Å². The predicted molar refractivity (Wildman–Crippen MR) is 80.0 cm³/mol. The first-order valence-corrected chi connectivity index (χ1v) is 6.79. The number of hydrogen-bond donors (Lipinski definition) is 2. The first kappa shape index (κ1) is 17.1. The molecular weight excluding hydrogens is 336 g/mol. The average molecular weight is 347 g/mol. The van der Waals surface area contributed by atoms with Gasteiger partial charge in [0.1, 0.15) is 5.82 Å². The highest BCUT2D eigenvalue weighted by Crippen LogP contribution is 2.33. The number of nitrogens with one attached hydrogen (secondary N) is 2. The second-order valence-electron chi connectivity index (χ2n) is 4.60. The lowest BCUT2D eigenvalue weighted by molar-refractivity contribution is -0.137. The Morgan fingerprint density at radius 3 is 2.52 bits per heavy atom. The van der Waals surface area contributed by atoms with E-state index in [2.05, 4.69) is 10.6 Å². The van der Waals surface area contributed by atoms with Crippen LogP contribution in [0.3, 0.4) is 0 Å². The third-order valence-electron chi connectivity index (χ3n) is 2.85. The van der Waals surface area contributed by atoms with E-state index in [0.717, 1.165) is 18.2 Å². The van der Waals surface area contributed by atoms with Gasteiger partial charge in [0.15, 0.2) is 0 Å². The van der Waals surface area contributed by atoms with Crippen LogP contribution in [0.15, 0.2) is 42.5 Å². The fraction of sp³-hybridized carbons (Fsp3) is 0.133. The van der Waals surface area contributed by atoms with Crippen LogP contribution in [0.1, 0.15) is 5.56 Å². The summed E-state index contributed by atoms with van der Waals surface area (Å²) in [6.07, 6.45) is -4.54. The number of alkyl halides is 3. The van der Waals surface area contributed by atoms with E-state index < -0.39 is 23.5 Å². The molecule has 0 aliphatic rings. The molecule has 2 aromatic carbocycles. The summed E-state index contributed by atoms with van der Waals surface area (Å²) in [5, 5.41) is 4.92. The second-order valence-corrected chi connectivity index (χ2v) is 5.01. The maximum absolute atomic E-state index is 13.0. The van der Waals surface area contributed by atoms with Gasteiger partial charge in [-0.15, -0.1) is 0 Å². The van der Waals surface area contributed by atoms with Gasteiger partial charge in [-0.25, -0.2) is 4.39 Å². The minimum Gasteiger partial charge on any atom is -0.376 e. The van der Waals surface area contributed by atoms with E-state index in [-0.39, 0.29) is 17.3 Å². The molecule has 2 N–H and O–H groups in total. The fourth-order valence-electron chi connectivity index (χ4n) is 1.77. The lowest BCUT2D eigenvalue weighted by Gasteiger charge is -2.12. The molecule has 122 valence electrons. The van der Waals surface area contributed by atoms with Crippen molar-refractivity contribution < 1.29 is 22.4 Å². The molecule has 0 aliphatic heterocycles. The smallest absolute Gasteiger partial charge is 0.376 e. The molecule has 1 amide bonds. The van der Waals surface area contributed by atoms with Gasteiger partial charge in [0.2, 0.25) is 5.91 Å². The Balaban J connectivity index is 2.02. The van der Waals surface area contributed by atoms with Gasteiger partial charge in [0.25, 0.3) is 0 Å². The minimum absolute atomic E-state index is 0.0166. The number of rotatable bonds is 4. The van der Waals surface area contributed by atoms with Gasteiger partial charge in [0.05, 0.1) is 22.8 Å². The maximum atomic E-state index is 13.0. The molecule has 0 fully saturated rings. The van der Waals surface area contributed by atoms with Crippen LogP contribution in [0, 0.1) is 5.82 Å². The van der Waals surface area contributed by atoms with Gasteiger partial charge in [-0.1, -0.05) is 17.7 Å². The predicted octanol–water partition coefficient (Wildman–Crippen LogP) is 4.55. The van der Waals surface area contributed by atoms with Crippen LogP contribution in [0.25, 0.3) is 0 Å². The molecular formula is C15H11ClF4N2O. The molecule has 2 aromatic rings. The van der Waals surface area contributed by atoms with Gasteiger partial charge in [0, 0.05) is 5.69 Å². The van der Waals surface area contributed by atoms with Crippen molar-refractivity contribution in [2.24, 2.45) is 0 Å². The van der Waals surface area contributed by atoms with Crippen LogP contribution in [0.4, 0.5) is 28.9 Å².